The number of hydrogen-bond acceptors (Lipinski definition) is 2. The van der Waals surface area contributed by atoms with Crippen LogP contribution in [0.25, 0.3) is 0 Å². The number of ether oxygens (including phenoxy) is 2. The molecule has 0 radical (unpaired) electrons. The van der Waals surface area contributed by atoms with Crippen molar-refractivity contribution in [3.05, 3.63) is 12.2 Å². The Labute approximate surface area is 74.6 Å². The number of hydrogen-bond donors (Lipinski definition) is 0. The van der Waals surface area contributed by atoms with E-state index in [9.17, 15) is 0 Å². The maximum Gasteiger partial charge on any atom is 0.157 e. The summed E-state index contributed by atoms with van der Waals surface area (Å²) in [7, 11) is 0. The second-order valence-electron chi connectivity index (χ2n) is 4.34. The van der Waals surface area contributed by atoms with Crippen molar-refractivity contribution in [1.29, 1.82) is 0 Å². The Morgan fingerprint density at radius 3 is 1.58 bits per heavy atom. The monoisotopic (exact) mass is 170 g/mol. The first kappa shape index (κ1) is 9.75. The topological polar surface area (TPSA) is 18.5 Å². The molecule has 12 heavy (non-hydrogen) atoms. The van der Waals surface area contributed by atoms with Crippen molar-refractivity contribution >= 4 is 0 Å². The molecule has 0 bridgehead atoms. The second kappa shape index (κ2) is 2.86. The van der Waals surface area contributed by atoms with E-state index in [2.05, 4.69) is 12.2 Å². The highest BCUT2D eigenvalue weighted by Gasteiger charge is 2.28. The third kappa shape index (κ3) is 2.61. The highest BCUT2D eigenvalue weighted by molar-refractivity contribution is 5.06. The average Bonchev–Trinajstić information content (AvgIpc) is 1.87. The van der Waals surface area contributed by atoms with Gasteiger partial charge in [0.05, 0.1) is 11.2 Å². The van der Waals surface area contributed by atoms with E-state index >= 15 is 0 Å². The van der Waals surface area contributed by atoms with Crippen LogP contribution in [0.4, 0.5) is 0 Å². The fourth-order valence-corrected chi connectivity index (χ4v) is 1.36. The maximum atomic E-state index is 5.63. The molecular weight excluding hydrogens is 152 g/mol. The Kier molecular flexibility index (Phi) is 2.32. The smallest absolute Gasteiger partial charge is 0.157 e. The van der Waals surface area contributed by atoms with Crippen LogP contribution in [0.1, 0.15) is 34.6 Å². The summed E-state index contributed by atoms with van der Waals surface area (Å²) < 4.78 is 11.3. The molecule has 2 nitrogen and oxygen atoms in total. The van der Waals surface area contributed by atoms with E-state index in [4.69, 9.17) is 9.47 Å². The van der Waals surface area contributed by atoms with E-state index < -0.39 is 0 Å². The zero-order valence-corrected chi connectivity index (χ0v) is 8.55. The first-order chi connectivity index (χ1) is 5.31. The van der Waals surface area contributed by atoms with Crippen LogP contribution in [0.3, 0.4) is 0 Å². The molecule has 0 amide bonds. The van der Waals surface area contributed by atoms with Gasteiger partial charge in [-0.15, -0.1) is 0 Å². The Balaban J connectivity index is 2.82. The van der Waals surface area contributed by atoms with Gasteiger partial charge in [-0.05, 0) is 34.6 Å². The summed E-state index contributed by atoms with van der Waals surface area (Å²) in [6.07, 6.45) is 3.96. The van der Waals surface area contributed by atoms with E-state index in [0.29, 0.717) is 0 Å². The highest BCUT2D eigenvalue weighted by Crippen LogP contribution is 2.25. The zero-order valence-electron chi connectivity index (χ0n) is 8.55. The van der Waals surface area contributed by atoms with Crippen LogP contribution in [0.2, 0.25) is 0 Å². The van der Waals surface area contributed by atoms with Gasteiger partial charge in [0.1, 0.15) is 0 Å². The van der Waals surface area contributed by atoms with E-state index in [1.165, 1.54) is 0 Å². The van der Waals surface area contributed by atoms with Crippen molar-refractivity contribution in [2.75, 3.05) is 0 Å². The molecule has 0 aliphatic carbocycles. The first-order valence-electron chi connectivity index (χ1n) is 4.37. The fourth-order valence-electron chi connectivity index (χ4n) is 1.36. The van der Waals surface area contributed by atoms with Gasteiger partial charge in [-0.2, -0.15) is 0 Å². The van der Waals surface area contributed by atoms with Crippen LogP contribution in [0, 0.1) is 0 Å². The summed E-state index contributed by atoms with van der Waals surface area (Å²) in [5, 5.41) is 0. The van der Waals surface area contributed by atoms with Crippen LogP contribution in [-0.2, 0) is 9.47 Å². The lowest BCUT2D eigenvalue weighted by molar-refractivity contribution is -0.201. The van der Waals surface area contributed by atoms with Gasteiger partial charge in [-0.1, -0.05) is 12.2 Å². The summed E-state index contributed by atoms with van der Waals surface area (Å²) >= 11 is 0. The Hall–Kier alpha value is -0.340. The third-order valence-corrected chi connectivity index (χ3v) is 1.83. The van der Waals surface area contributed by atoms with Crippen LogP contribution >= 0.6 is 0 Å². The van der Waals surface area contributed by atoms with Crippen molar-refractivity contribution < 1.29 is 9.47 Å². The molecule has 2 heteroatoms. The Morgan fingerprint density at radius 1 is 0.917 bits per heavy atom. The van der Waals surface area contributed by atoms with Gasteiger partial charge in [-0.3, -0.25) is 0 Å². The van der Waals surface area contributed by atoms with Gasteiger partial charge in [0.2, 0.25) is 0 Å². The minimum atomic E-state index is -0.215. The van der Waals surface area contributed by atoms with Crippen molar-refractivity contribution in [3.8, 4) is 0 Å². The molecule has 1 heterocycles. The predicted molar refractivity (Wildman–Crippen MR) is 48.9 cm³/mol. The van der Waals surface area contributed by atoms with Gasteiger partial charge in [0.25, 0.3) is 0 Å². The molecule has 0 unspecified atom stereocenters. The molecule has 0 N–H and O–H groups in total. The molecule has 0 saturated carbocycles. The second-order valence-corrected chi connectivity index (χ2v) is 4.34. The van der Waals surface area contributed by atoms with Gasteiger partial charge in [0, 0.05) is 0 Å². The Morgan fingerprint density at radius 2 is 1.25 bits per heavy atom. The van der Waals surface area contributed by atoms with Crippen LogP contribution in [0.5, 0.6) is 0 Å². The molecule has 0 spiro atoms. The molecule has 0 aromatic heterocycles. The van der Waals surface area contributed by atoms with Crippen molar-refractivity contribution in [3.63, 3.8) is 0 Å². The predicted octanol–water partition coefficient (Wildman–Crippen LogP) is 2.49. The van der Waals surface area contributed by atoms with E-state index in [-0.39, 0.29) is 17.5 Å². The minimum absolute atomic E-state index is 0.148. The lowest BCUT2D eigenvalue weighted by atomic mass is 10.0. The average molecular weight is 170 g/mol. The third-order valence-electron chi connectivity index (χ3n) is 1.83. The van der Waals surface area contributed by atoms with Crippen molar-refractivity contribution in [2.45, 2.75) is 52.1 Å². The molecule has 0 saturated heterocycles. The molecule has 0 fully saturated rings. The molecule has 1 aliphatic heterocycles. The largest absolute Gasteiger partial charge is 0.343 e. The highest BCUT2D eigenvalue weighted by atomic mass is 16.7. The van der Waals surface area contributed by atoms with Gasteiger partial charge in [-0.25, -0.2) is 0 Å². The molecule has 0 aromatic carbocycles. The molecule has 70 valence electrons. The number of rotatable bonds is 0. The molecule has 0 aromatic rings. The lowest BCUT2D eigenvalue weighted by Crippen LogP contribution is -2.30. The SMILES string of the molecule is CC1OC(C)(C)C=CC(C)(C)O1. The molecule has 1 aliphatic rings. The summed E-state index contributed by atoms with van der Waals surface area (Å²) in [6.45, 7) is 10.1. The minimum Gasteiger partial charge on any atom is -0.343 e. The lowest BCUT2D eigenvalue weighted by Gasteiger charge is -2.26. The van der Waals surface area contributed by atoms with E-state index in [1.807, 2.05) is 34.6 Å². The molecular formula is C10H18O2. The molecule has 0 atom stereocenters. The van der Waals surface area contributed by atoms with Crippen LogP contribution < -0.4 is 0 Å². The zero-order chi connectivity index (χ0) is 9.41. The van der Waals surface area contributed by atoms with Gasteiger partial charge in [0.15, 0.2) is 6.29 Å². The van der Waals surface area contributed by atoms with Crippen LogP contribution in [0.15, 0.2) is 12.2 Å². The fraction of sp³-hybridized carbons (Fsp3) is 0.800. The van der Waals surface area contributed by atoms with Gasteiger partial charge < -0.3 is 9.47 Å². The summed E-state index contributed by atoms with van der Waals surface area (Å²) in [5.41, 5.74) is -0.430. The Bertz CT molecular complexity index is 172. The maximum absolute atomic E-state index is 5.63. The van der Waals surface area contributed by atoms with E-state index in [1.54, 1.807) is 0 Å². The standard InChI is InChI=1S/C10H18O2/c1-8-11-9(2,3)6-7-10(4,5)12-8/h6-8H,1-5H3. The summed E-state index contributed by atoms with van der Waals surface area (Å²) in [5.74, 6) is 0. The normalized spacial score (nSPS) is 28.4. The summed E-state index contributed by atoms with van der Waals surface area (Å²) in [4.78, 5) is 0. The summed E-state index contributed by atoms with van der Waals surface area (Å²) in [6, 6.07) is 0. The van der Waals surface area contributed by atoms with E-state index in [0.717, 1.165) is 0 Å². The van der Waals surface area contributed by atoms with Gasteiger partial charge >= 0.3 is 0 Å². The van der Waals surface area contributed by atoms with Crippen molar-refractivity contribution in [1.82, 2.24) is 0 Å². The van der Waals surface area contributed by atoms with Crippen LogP contribution in [-0.4, -0.2) is 17.5 Å². The molecule has 1 rings (SSSR count). The van der Waals surface area contributed by atoms with Crippen molar-refractivity contribution in [2.24, 2.45) is 0 Å². The quantitative estimate of drug-likeness (QED) is 0.520. The first-order valence-corrected chi connectivity index (χ1v) is 4.37.